The Balaban J connectivity index is 2.19. The number of hydrogen-bond donors (Lipinski definition) is 5. The van der Waals surface area contributed by atoms with Gasteiger partial charge in [-0.1, -0.05) is 42.0 Å². The van der Waals surface area contributed by atoms with E-state index in [2.05, 4.69) is 9.44 Å². The van der Waals surface area contributed by atoms with Crippen molar-refractivity contribution in [3.05, 3.63) is 35.9 Å². The molecule has 32 heavy (non-hydrogen) atoms. The van der Waals surface area contributed by atoms with Crippen molar-refractivity contribution >= 4 is 33.2 Å². The molecule has 2 rings (SSSR count). The van der Waals surface area contributed by atoms with Crippen molar-refractivity contribution in [2.45, 2.75) is 43.2 Å². The number of aliphatic hydroxyl groups is 4. The van der Waals surface area contributed by atoms with Crippen molar-refractivity contribution < 1.29 is 51.9 Å². The fourth-order valence-corrected chi connectivity index (χ4v) is 4.22. The predicted octanol–water partition coefficient (Wildman–Crippen LogP) is -0.464. The Morgan fingerprint density at radius 2 is 1.84 bits per heavy atom. The molecule has 0 unspecified atom stereocenters. The van der Waals surface area contributed by atoms with Crippen LogP contribution in [0.2, 0.25) is 0 Å². The van der Waals surface area contributed by atoms with Crippen molar-refractivity contribution in [2.24, 2.45) is 11.1 Å². The fraction of sp³-hybridized carbons (Fsp3) is 0.556. The summed E-state index contributed by atoms with van der Waals surface area (Å²) >= 11 is 0.623. The lowest BCUT2D eigenvalue weighted by atomic mass is 10.0. The third kappa shape index (κ3) is 7.38. The van der Waals surface area contributed by atoms with Gasteiger partial charge in [0.15, 0.2) is 0 Å². The molecule has 180 valence electrons. The van der Waals surface area contributed by atoms with E-state index in [0.29, 0.717) is 11.8 Å². The van der Waals surface area contributed by atoms with E-state index in [0.717, 1.165) is 0 Å². The quantitative estimate of drug-likeness (QED) is 0.0974. The van der Waals surface area contributed by atoms with E-state index >= 15 is 0 Å². The van der Waals surface area contributed by atoms with Gasteiger partial charge in [-0.05, 0) is 18.6 Å². The third-order valence-electron chi connectivity index (χ3n) is 4.57. The molecule has 1 aliphatic rings. The zero-order valence-corrected chi connectivity index (χ0v) is 18.6. The third-order valence-corrected chi connectivity index (χ3v) is 6.11. The van der Waals surface area contributed by atoms with E-state index in [1.54, 1.807) is 37.3 Å². The van der Waals surface area contributed by atoms with Crippen LogP contribution in [0.1, 0.15) is 23.7 Å². The van der Waals surface area contributed by atoms with Crippen molar-refractivity contribution in [2.75, 3.05) is 13.2 Å². The SMILES string of the molecule is CC[C@@H](COC(=O)c1ccccc1)/C(=N/OS(=O)(=O)O)S[C@H]1O[C@H](CO)[C@H](O)[C@H](O)[C@H]1O. The molecule has 14 heteroatoms. The Kier molecular flexibility index (Phi) is 9.84. The summed E-state index contributed by atoms with van der Waals surface area (Å²) in [6.07, 6.45) is -5.84. The average Bonchev–Trinajstić information content (AvgIpc) is 2.77. The highest BCUT2D eigenvalue weighted by Crippen LogP contribution is 2.32. The second-order valence-corrected chi connectivity index (χ2v) is 8.94. The standard InChI is InChI=1S/C18H25NO11S2/c1-2-10(9-28-17(24)11-6-4-3-5-7-11)16(19-30-32(25,26)27)31-18-15(23)14(22)13(21)12(8-20)29-18/h3-7,10,12-15,18,20-23H,2,8-9H2,1H3,(H,25,26,27)/b19-16-/t10-,12+,13-,14-,15+,18+/m0/s1. The zero-order chi connectivity index (χ0) is 23.9. The molecular weight excluding hydrogens is 470 g/mol. The maximum absolute atomic E-state index is 12.2. The number of oxime groups is 1. The first kappa shape index (κ1) is 26.5. The number of hydrogen-bond acceptors (Lipinski definition) is 12. The van der Waals surface area contributed by atoms with Crippen LogP contribution in [0.15, 0.2) is 35.5 Å². The molecule has 0 saturated carbocycles. The Morgan fingerprint density at radius 1 is 1.19 bits per heavy atom. The van der Waals surface area contributed by atoms with E-state index < -0.39 is 58.7 Å². The van der Waals surface area contributed by atoms with E-state index in [1.165, 1.54) is 0 Å². The number of rotatable bonds is 9. The van der Waals surface area contributed by atoms with Crippen LogP contribution in [-0.2, 0) is 24.2 Å². The molecule has 12 nitrogen and oxygen atoms in total. The number of thioether (sulfide) groups is 1. The molecule has 1 saturated heterocycles. The van der Waals surface area contributed by atoms with Crippen molar-refractivity contribution in [1.29, 1.82) is 0 Å². The number of carbonyl (C=O) groups is 1. The highest BCUT2D eigenvalue weighted by molar-refractivity contribution is 8.14. The van der Waals surface area contributed by atoms with Crippen LogP contribution in [0.5, 0.6) is 0 Å². The van der Waals surface area contributed by atoms with Gasteiger partial charge < -0.3 is 29.9 Å². The van der Waals surface area contributed by atoms with Gasteiger partial charge >= 0.3 is 16.4 Å². The van der Waals surface area contributed by atoms with Gasteiger partial charge in [0.1, 0.15) is 41.5 Å². The molecule has 0 radical (unpaired) electrons. The van der Waals surface area contributed by atoms with Crippen molar-refractivity contribution in [3.63, 3.8) is 0 Å². The van der Waals surface area contributed by atoms with Gasteiger partial charge in [-0.25, -0.2) is 9.08 Å². The van der Waals surface area contributed by atoms with Crippen LogP contribution in [0.25, 0.3) is 0 Å². The molecule has 1 fully saturated rings. The van der Waals surface area contributed by atoms with Crippen LogP contribution in [0.4, 0.5) is 0 Å². The molecule has 0 amide bonds. The molecule has 0 bridgehead atoms. The number of ether oxygens (including phenoxy) is 2. The highest BCUT2D eigenvalue weighted by atomic mass is 32.3. The molecule has 0 aromatic heterocycles. The average molecular weight is 496 g/mol. The predicted molar refractivity (Wildman–Crippen MR) is 112 cm³/mol. The van der Waals surface area contributed by atoms with E-state index in [4.69, 9.17) is 14.0 Å². The molecule has 0 aliphatic carbocycles. The second-order valence-electron chi connectivity index (χ2n) is 6.82. The van der Waals surface area contributed by atoms with Crippen LogP contribution < -0.4 is 0 Å². The number of carbonyl (C=O) groups excluding carboxylic acids is 1. The molecule has 6 atom stereocenters. The van der Waals surface area contributed by atoms with Crippen molar-refractivity contribution in [3.8, 4) is 0 Å². The zero-order valence-electron chi connectivity index (χ0n) is 16.9. The van der Waals surface area contributed by atoms with Crippen LogP contribution in [0.3, 0.4) is 0 Å². The molecule has 1 aliphatic heterocycles. The first-order valence-corrected chi connectivity index (χ1v) is 11.7. The number of nitrogens with zero attached hydrogens (tertiary/aromatic N) is 1. The summed E-state index contributed by atoms with van der Waals surface area (Å²) in [5, 5.41) is 42.7. The monoisotopic (exact) mass is 495 g/mol. The highest BCUT2D eigenvalue weighted by Gasteiger charge is 2.44. The summed E-state index contributed by atoms with van der Waals surface area (Å²) in [5.74, 6) is -1.39. The normalized spacial score (nSPS) is 27.6. The maximum Gasteiger partial charge on any atom is 0.466 e. The van der Waals surface area contributed by atoms with Crippen LogP contribution in [0, 0.1) is 5.92 Å². The topological polar surface area (TPSA) is 192 Å². The fourth-order valence-electron chi connectivity index (χ4n) is 2.76. The van der Waals surface area contributed by atoms with Gasteiger partial charge in [-0.3, -0.25) is 4.55 Å². The van der Waals surface area contributed by atoms with Gasteiger partial charge in [-0.2, -0.15) is 8.42 Å². The van der Waals surface area contributed by atoms with E-state index in [-0.39, 0.29) is 23.6 Å². The molecular formula is C18H25NO11S2. The Morgan fingerprint density at radius 3 is 2.41 bits per heavy atom. The van der Waals surface area contributed by atoms with Crippen LogP contribution in [-0.4, -0.2) is 87.5 Å². The summed E-state index contributed by atoms with van der Waals surface area (Å²) in [6, 6.07) is 8.11. The lowest BCUT2D eigenvalue weighted by molar-refractivity contribution is -0.205. The molecule has 1 aromatic carbocycles. The molecule has 1 aromatic rings. The lowest BCUT2D eigenvalue weighted by Gasteiger charge is -2.39. The minimum atomic E-state index is -4.97. The summed E-state index contributed by atoms with van der Waals surface area (Å²) in [4.78, 5) is 12.2. The molecule has 1 heterocycles. The van der Waals surface area contributed by atoms with E-state index in [1.807, 2.05) is 0 Å². The Labute approximate surface area is 188 Å². The number of esters is 1. The first-order chi connectivity index (χ1) is 15.1. The smallest absolute Gasteiger partial charge is 0.461 e. The minimum absolute atomic E-state index is 0.143. The summed E-state index contributed by atoms with van der Waals surface area (Å²) in [6.45, 7) is 0.752. The largest absolute Gasteiger partial charge is 0.466 e. The van der Waals surface area contributed by atoms with Crippen molar-refractivity contribution in [1.82, 2.24) is 0 Å². The Hall–Kier alpha value is -1.78. The molecule has 0 spiro atoms. The van der Waals surface area contributed by atoms with Gasteiger partial charge in [0, 0.05) is 5.92 Å². The second kappa shape index (κ2) is 11.9. The maximum atomic E-state index is 12.2. The summed E-state index contributed by atoms with van der Waals surface area (Å²) < 4.78 is 45.6. The first-order valence-electron chi connectivity index (χ1n) is 9.50. The number of benzene rings is 1. The Bertz CT molecular complexity index is 878. The van der Waals surface area contributed by atoms with Gasteiger partial charge in [0.2, 0.25) is 0 Å². The lowest BCUT2D eigenvalue weighted by Crippen LogP contribution is -2.57. The van der Waals surface area contributed by atoms with Gasteiger partial charge in [0.05, 0.1) is 12.2 Å². The van der Waals surface area contributed by atoms with E-state index in [9.17, 15) is 33.6 Å². The minimum Gasteiger partial charge on any atom is -0.461 e. The van der Waals surface area contributed by atoms with Gasteiger partial charge in [-0.15, -0.1) is 0 Å². The summed E-state index contributed by atoms with van der Waals surface area (Å²) in [7, 11) is -4.97. The number of aliphatic hydroxyl groups excluding tert-OH is 4. The van der Waals surface area contributed by atoms with Gasteiger partial charge in [0.25, 0.3) is 0 Å². The molecule has 5 N–H and O–H groups in total. The van der Waals surface area contributed by atoms with Crippen LogP contribution >= 0.6 is 11.8 Å². The summed E-state index contributed by atoms with van der Waals surface area (Å²) in [5.41, 5.74) is -1.01.